The lowest BCUT2D eigenvalue weighted by atomic mass is 9.87. The van der Waals surface area contributed by atoms with Crippen molar-refractivity contribution in [3.05, 3.63) is 112 Å². The van der Waals surface area contributed by atoms with Crippen LogP contribution >= 0.6 is 0 Å². The van der Waals surface area contributed by atoms with E-state index < -0.39 is 10.8 Å². The summed E-state index contributed by atoms with van der Waals surface area (Å²) in [5, 5.41) is 15.4. The van der Waals surface area contributed by atoms with Gasteiger partial charge < -0.3 is 9.88 Å². The van der Waals surface area contributed by atoms with Crippen LogP contribution in [0.3, 0.4) is 0 Å². The predicted molar refractivity (Wildman–Crippen MR) is 139 cm³/mol. The lowest BCUT2D eigenvalue weighted by Gasteiger charge is -2.21. The van der Waals surface area contributed by atoms with Gasteiger partial charge in [0.25, 0.3) is 5.69 Å². The van der Waals surface area contributed by atoms with Crippen LogP contribution in [-0.4, -0.2) is 21.4 Å². The summed E-state index contributed by atoms with van der Waals surface area (Å²) < 4.78 is 15.8. The van der Waals surface area contributed by atoms with Crippen molar-refractivity contribution in [2.24, 2.45) is 5.92 Å². The topological polar surface area (TPSA) is 77.2 Å². The number of nitrogens with zero attached hydrogens (tertiary/aromatic N) is 2. The molecule has 4 rings (SSSR count). The minimum absolute atomic E-state index is 0.00752. The number of nitro groups is 1. The Bertz CT molecular complexity index is 1360. The van der Waals surface area contributed by atoms with E-state index in [0.717, 1.165) is 22.2 Å². The normalized spacial score (nSPS) is 13.0. The van der Waals surface area contributed by atoms with Crippen LogP contribution in [0.1, 0.15) is 49.8 Å². The third kappa shape index (κ3) is 5.62. The standard InChI is InChI=1S/C29H30FN3O3/c1-19(2)20(3)31-29(34)16-25(22-9-11-23(30)12-10-22)27-18-32(17-21-7-5-4-6-8-21)28-14-13-24(33(35)36)15-26(27)28/h4-15,18-20,25H,16-17H2,1-3H3,(H,31,34)/t20-,25-/m1/s1. The zero-order valence-corrected chi connectivity index (χ0v) is 20.6. The molecule has 0 unspecified atom stereocenters. The lowest BCUT2D eigenvalue weighted by Crippen LogP contribution is -2.36. The molecule has 0 bridgehead atoms. The van der Waals surface area contributed by atoms with E-state index in [4.69, 9.17) is 0 Å². The number of non-ortho nitro benzene ring substituents is 1. The Labute approximate surface area is 209 Å². The molecule has 7 heteroatoms. The Balaban J connectivity index is 1.83. The predicted octanol–water partition coefficient (Wildman–Crippen LogP) is 6.42. The fraction of sp³-hybridized carbons (Fsp3) is 0.276. The number of aromatic nitrogens is 1. The Morgan fingerprint density at radius 1 is 1.03 bits per heavy atom. The van der Waals surface area contributed by atoms with Crippen molar-refractivity contribution < 1.29 is 14.1 Å². The first-order valence-electron chi connectivity index (χ1n) is 12.1. The van der Waals surface area contributed by atoms with Crippen LogP contribution in [0, 0.1) is 21.8 Å². The van der Waals surface area contributed by atoms with E-state index in [9.17, 15) is 19.3 Å². The summed E-state index contributed by atoms with van der Waals surface area (Å²) in [6.45, 7) is 6.61. The Morgan fingerprint density at radius 3 is 2.36 bits per heavy atom. The summed E-state index contributed by atoms with van der Waals surface area (Å²) in [7, 11) is 0. The number of nitrogens with one attached hydrogen (secondary N) is 1. The Hall–Kier alpha value is -4.00. The average molecular weight is 488 g/mol. The number of hydrogen-bond donors (Lipinski definition) is 1. The van der Waals surface area contributed by atoms with Gasteiger partial charge in [0, 0.05) is 54.2 Å². The highest BCUT2D eigenvalue weighted by Gasteiger charge is 2.25. The number of amides is 1. The number of rotatable bonds is 9. The van der Waals surface area contributed by atoms with Crippen LogP contribution in [-0.2, 0) is 11.3 Å². The van der Waals surface area contributed by atoms with Crippen molar-refractivity contribution in [3.63, 3.8) is 0 Å². The van der Waals surface area contributed by atoms with E-state index in [2.05, 4.69) is 9.88 Å². The molecule has 6 nitrogen and oxygen atoms in total. The Morgan fingerprint density at radius 2 is 1.72 bits per heavy atom. The van der Waals surface area contributed by atoms with Gasteiger partial charge in [-0.3, -0.25) is 14.9 Å². The van der Waals surface area contributed by atoms with Gasteiger partial charge in [-0.1, -0.05) is 56.3 Å². The van der Waals surface area contributed by atoms with Gasteiger partial charge >= 0.3 is 0 Å². The quantitative estimate of drug-likeness (QED) is 0.219. The van der Waals surface area contributed by atoms with Gasteiger partial charge in [0.05, 0.1) is 4.92 Å². The number of halogens is 1. The molecule has 0 radical (unpaired) electrons. The first-order chi connectivity index (χ1) is 17.2. The maximum absolute atomic E-state index is 13.8. The second kappa shape index (κ2) is 10.7. The summed E-state index contributed by atoms with van der Waals surface area (Å²) in [5.41, 5.74) is 3.47. The van der Waals surface area contributed by atoms with Crippen molar-refractivity contribution in [1.29, 1.82) is 0 Å². The summed E-state index contributed by atoms with van der Waals surface area (Å²) in [6, 6.07) is 20.9. The Kier molecular flexibility index (Phi) is 7.48. The van der Waals surface area contributed by atoms with Crippen LogP contribution in [0.25, 0.3) is 10.9 Å². The number of nitro benzene ring substituents is 1. The zero-order valence-electron chi connectivity index (χ0n) is 20.6. The minimum Gasteiger partial charge on any atom is -0.353 e. The monoisotopic (exact) mass is 487 g/mol. The molecule has 0 aliphatic rings. The molecule has 1 amide bonds. The highest BCUT2D eigenvalue weighted by molar-refractivity contribution is 5.88. The summed E-state index contributed by atoms with van der Waals surface area (Å²) in [5.74, 6) is -0.627. The van der Waals surface area contributed by atoms with Crippen LogP contribution < -0.4 is 5.32 Å². The number of carbonyl (C=O) groups excluding carboxylic acids is 1. The third-order valence-corrected chi connectivity index (χ3v) is 6.73. The number of hydrogen-bond acceptors (Lipinski definition) is 3. The first-order valence-corrected chi connectivity index (χ1v) is 12.1. The van der Waals surface area contributed by atoms with Crippen LogP contribution in [0.15, 0.2) is 79.0 Å². The van der Waals surface area contributed by atoms with Crippen molar-refractivity contribution >= 4 is 22.5 Å². The molecule has 1 aromatic heterocycles. The third-order valence-electron chi connectivity index (χ3n) is 6.73. The maximum Gasteiger partial charge on any atom is 0.270 e. The fourth-order valence-electron chi connectivity index (χ4n) is 4.38. The number of carbonyl (C=O) groups is 1. The molecule has 0 fully saturated rings. The summed E-state index contributed by atoms with van der Waals surface area (Å²) in [6.07, 6.45) is 2.10. The zero-order chi connectivity index (χ0) is 25.8. The van der Waals surface area contributed by atoms with E-state index in [0.29, 0.717) is 11.9 Å². The number of benzene rings is 3. The van der Waals surface area contributed by atoms with Crippen LogP contribution in [0.4, 0.5) is 10.1 Å². The first kappa shape index (κ1) is 25.1. The van der Waals surface area contributed by atoms with Gasteiger partial charge in [0.1, 0.15) is 5.82 Å². The van der Waals surface area contributed by atoms with Gasteiger partial charge in [0.2, 0.25) is 5.91 Å². The minimum atomic E-state index is -0.415. The molecule has 36 heavy (non-hydrogen) atoms. The number of fused-ring (bicyclic) bond motifs is 1. The highest BCUT2D eigenvalue weighted by Crippen LogP contribution is 2.37. The van der Waals surface area contributed by atoms with E-state index >= 15 is 0 Å². The van der Waals surface area contributed by atoms with Crippen molar-refractivity contribution in [2.75, 3.05) is 0 Å². The largest absolute Gasteiger partial charge is 0.353 e. The molecular weight excluding hydrogens is 457 g/mol. The molecule has 0 spiro atoms. The molecule has 0 saturated heterocycles. The van der Waals surface area contributed by atoms with E-state index in [1.165, 1.54) is 18.2 Å². The summed E-state index contributed by atoms with van der Waals surface area (Å²) in [4.78, 5) is 24.3. The van der Waals surface area contributed by atoms with Crippen molar-refractivity contribution in [2.45, 2.75) is 45.7 Å². The summed E-state index contributed by atoms with van der Waals surface area (Å²) >= 11 is 0. The molecule has 0 aliphatic carbocycles. The van der Waals surface area contributed by atoms with Crippen LogP contribution in [0.2, 0.25) is 0 Å². The molecule has 1 heterocycles. The second-order valence-electron chi connectivity index (χ2n) is 9.56. The van der Waals surface area contributed by atoms with E-state index in [-0.39, 0.29) is 35.8 Å². The molecule has 0 aliphatic heterocycles. The molecule has 4 aromatic rings. The molecule has 186 valence electrons. The molecule has 2 atom stereocenters. The SMILES string of the molecule is CC(C)[C@@H](C)NC(=O)C[C@H](c1ccc(F)cc1)c1cn(Cc2ccccc2)c2ccc([N+](=O)[O-])cc12. The van der Waals surface area contributed by atoms with E-state index in [1.807, 2.05) is 57.3 Å². The van der Waals surface area contributed by atoms with Gasteiger partial charge in [-0.25, -0.2) is 4.39 Å². The highest BCUT2D eigenvalue weighted by atomic mass is 19.1. The van der Waals surface area contributed by atoms with Crippen molar-refractivity contribution in [1.82, 2.24) is 9.88 Å². The molecule has 0 saturated carbocycles. The maximum atomic E-state index is 13.8. The second-order valence-corrected chi connectivity index (χ2v) is 9.56. The molecule has 1 N–H and O–H groups in total. The smallest absolute Gasteiger partial charge is 0.270 e. The van der Waals surface area contributed by atoms with Crippen molar-refractivity contribution in [3.8, 4) is 0 Å². The lowest BCUT2D eigenvalue weighted by molar-refractivity contribution is -0.384. The van der Waals surface area contributed by atoms with Gasteiger partial charge in [-0.2, -0.15) is 0 Å². The van der Waals surface area contributed by atoms with Crippen LogP contribution in [0.5, 0.6) is 0 Å². The molecular formula is C29H30FN3O3. The van der Waals surface area contributed by atoms with E-state index in [1.54, 1.807) is 24.3 Å². The van der Waals surface area contributed by atoms with Gasteiger partial charge in [-0.05, 0) is 47.7 Å². The average Bonchev–Trinajstić information content (AvgIpc) is 3.21. The van der Waals surface area contributed by atoms with Gasteiger partial charge in [0.15, 0.2) is 0 Å². The molecule has 3 aromatic carbocycles. The fourth-order valence-corrected chi connectivity index (χ4v) is 4.38. The van der Waals surface area contributed by atoms with Gasteiger partial charge in [-0.15, -0.1) is 0 Å².